The van der Waals surface area contributed by atoms with Crippen molar-refractivity contribution < 1.29 is 37.6 Å². The third-order valence-corrected chi connectivity index (χ3v) is 8.99. The van der Waals surface area contributed by atoms with E-state index in [0.717, 1.165) is 70.6 Å². The van der Waals surface area contributed by atoms with Crippen LogP contribution in [0.4, 0.5) is 0 Å². The average Bonchev–Trinajstić information content (AvgIpc) is 3.13. The molecule has 0 bridgehead atoms. The van der Waals surface area contributed by atoms with Crippen molar-refractivity contribution in [3.8, 4) is 0 Å². The Labute approximate surface area is 323 Å². The molecule has 2 atom stereocenters. The van der Waals surface area contributed by atoms with E-state index in [1.807, 2.05) is 6.08 Å². The van der Waals surface area contributed by atoms with Gasteiger partial charge < -0.3 is 14.4 Å². The molecule has 0 heterocycles. The summed E-state index contributed by atoms with van der Waals surface area (Å²) in [6.45, 7) is 5.23. The fraction of sp³-hybridized carbons (Fsp3) is 0.636. The molecule has 0 aliphatic rings. The zero-order chi connectivity index (χ0) is 38.9. The summed E-state index contributed by atoms with van der Waals surface area (Å²) in [5.41, 5.74) is 0. The Morgan fingerprint density at radius 3 is 1.51 bits per heavy atom. The molecule has 53 heavy (non-hydrogen) atoms. The summed E-state index contributed by atoms with van der Waals surface area (Å²) in [5.74, 6) is -0.891. The first-order chi connectivity index (χ1) is 25.8. The second kappa shape index (κ2) is 38.9. The van der Waals surface area contributed by atoms with Crippen LogP contribution in [0.1, 0.15) is 156 Å². The Balaban J connectivity index is 4.27. The summed E-state index contributed by atoms with van der Waals surface area (Å²) in [7, 11) is -4.30. The normalized spacial score (nSPS) is 14.3. The van der Waals surface area contributed by atoms with E-state index in [4.69, 9.17) is 18.5 Å². The van der Waals surface area contributed by atoms with Crippen LogP contribution in [0.2, 0.25) is 0 Å². The lowest BCUT2D eigenvalue weighted by molar-refractivity contribution is -0.161. The maximum absolute atomic E-state index is 12.5. The van der Waals surface area contributed by atoms with Crippen LogP contribution in [0.5, 0.6) is 0 Å². The van der Waals surface area contributed by atoms with Gasteiger partial charge in [0.1, 0.15) is 6.61 Å². The van der Waals surface area contributed by atoms with Crippen LogP contribution in [-0.2, 0) is 32.7 Å². The lowest BCUT2D eigenvalue weighted by Crippen LogP contribution is -2.29. The Morgan fingerprint density at radius 2 is 0.981 bits per heavy atom. The van der Waals surface area contributed by atoms with Crippen LogP contribution < -0.4 is 0 Å². The number of hydrogen-bond donors (Lipinski definition) is 1. The summed E-state index contributed by atoms with van der Waals surface area (Å²) in [6, 6.07) is 0. The van der Waals surface area contributed by atoms with Crippen molar-refractivity contribution >= 4 is 19.8 Å². The molecule has 0 radical (unpaired) electrons. The molecule has 0 saturated carbocycles. The smallest absolute Gasteiger partial charge is 0.462 e. The van der Waals surface area contributed by atoms with Gasteiger partial charge in [-0.2, -0.15) is 0 Å². The fourth-order valence-corrected chi connectivity index (χ4v) is 5.74. The number of rotatable bonds is 36. The second-order valence-corrected chi connectivity index (χ2v) is 14.4. The Hall–Kier alpha value is -2.77. The van der Waals surface area contributed by atoms with E-state index in [1.165, 1.54) is 32.1 Å². The molecule has 1 N–H and O–H groups in total. The van der Waals surface area contributed by atoms with E-state index in [-0.39, 0.29) is 26.1 Å². The number of allylic oxidation sites excluding steroid dienone is 14. The molecule has 0 saturated heterocycles. The molecule has 0 aromatic heterocycles. The maximum Gasteiger partial charge on any atom is 0.472 e. The largest absolute Gasteiger partial charge is 0.472 e. The molecular formula is C44H73O8P. The van der Waals surface area contributed by atoms with Crippen molar-refractivity contribution in [3.05, 3.63) is 85.1 Å². The van der Waals surface area contributed by atoms with Gasteiger partial charge in [0.05, 0.1) is 13.2 Å². The quantitative estimate of drug-likeness (QED) is 0.0291. The Morgan fingerprint density at radius 1 is 0.528 bits per heavy atom. The summed E-state index contributed by atoms with van der Waals surface area (Å²) in [6.07, 6.45) is 49.3. The van der Waals surface area contributed by atoms with Crippen LogP contribution in [-0.4, -0.2) is 42.8 Å². The number of esters is 2. The van der Waals surface area contributed by atoms with Crippen LogP contribution in [0.25, 0.3) is 0 Å². The van der Waals surface area contributed by atoms with Crippen molar-refractivity contribution in [2.45, 2.75) is 162 Å². The molecule has 9 heteroatoms. The van der Waals surface area contributed by atoms with Gasteiger partial charge in [0.2, 0.25) is 0 Å². The molecule has 8 nitrogen and oxygen atoms in total. The number of unbranched alkanes of at least 4 members (excludes halogenated alkanes) is 10. The predicted molar refractivity (Wildman–Crippen MR) is 221 cm³/mol. The SMILES string of the molecule is CC/C=C\C/C=C\C/C=C\C/C=C\C/C=C\CCCC(=O)OC(COC(=O)CCCCCCC/C=C\C/C=C\CCCCCC)COP(=O)(O)OCC. The topological polar surface area (TPSA) is 108 Å². The lowest BCUT2D eigenvalue weighted by Gasteiger charge is -2.19. The number of carbonyl (C=O) groups excluding carboxylic acids is 2. The van der Waals surface area contributed by atoms with Gasteiger partial charge in [-0.15, -0.1) is 0 Å². The highest BCUT2D eigenvalue weighted by atomic mass is 31.2. The van der Waals surface area contributed by atoms with Crippen molar-refractivity contribution in [1.29, 1.82) is 0 Å². The molecule has 0 rings (SSSR count). The third-order valence-electron chi connectivity index (χ3n) is 7.94. The van der Waals surface area contributed by atoms with Crippen molar-refractivity contribution in [3.63, 3.8) is 0 Å². The monoisotopic (exact) mass is 761 g/mol. The van der Waals surface area contributed by atoms with Gasteiger partial charge in [-0.1, -0.05) is 137 Å². The zero-order valence-corrected chi connectivity index (χ0v) is 34.3. The molecule has 0 aromatic carbocycles. The number of hydrogen-bond acceptors (Lipinski definition) is 7. The highest BCUT2D eigenvalue weighted by molar-refractivity contribution is 7.47. The Bertz CT molecular complexity index is 1130. The van der Waals surface area contributed by atoms with E-state index in [9.17, 15) is 19.0 Å². The van der Waals surface area contributed by atoms with E-state index in [0.29, 0.717) is 19.3 Å². The van der Waals surface area contributed by atoms with Gasteiger partial charge in [-0.25, -0.2) is 4.57 Å². The van der Waals surface area contributed by atoms with Crippen LogP contribution in [0.3, 0.4) is 0 Å². The lowest BCUT2D eigenvalue weighted by atomic mass is 10.1. The first-order valence-corrected chi connectivity index (χ1v) is 21.9. The highest BCUT2D eigenvalue weighted by Crippen LogP contribution is 2.43. The Kier molecular flexibility index (Phi) is 36.9. The standard InChI is InChI=1S/C44H73O8P/c1-4-7-9-11-13-15-17-19-21-23-25-27-29-31-33-35-37-39-44(46)52-42(41-51-53(47,48)50-6-3)40-49-43(45)38-36-34-32-30-28-26-24-22-20-18-16-14-12-10-8-5-2/h7,9,13,15-16,18-19,21-22,24-25,27,31,33,42H,4-6,8,10-12,14,17,20,23,26,28-30,32,34-41H2,1-3H3,(H,47,48)/b9-7-,15-13-,18-16-,21-19-,24-22-,27-25-,33-31-. The van der Waals surface area contributed by atoms with E-state index in [2.05, 4.69) is 92.8 Å². The van der Waals surface area contributed by atoms with E-state index >= 15 is 0 Å². The summed E-state index contributed by atoms with van der Waals surface area (Å²) in [5, 5.41) is 0. The summed E-state index contributed by atoms with van der Waals surface area (Å²) >= 11 is 0. The van der Waals surface area contributed by atoms with Gasteiger partial charge in [0.15, 0.2) is 6.10 Å². The molecule has 0 aromatic rings. The fourth-order valence-electron chi connectivity index (χ4n) is 4.99. The zero-order valence-electron chi connectivity index (χ0n) is 33.4. The molecule has 0 aliphatic heterocycles. The summed E-state index contributed by atoms with van der Waals surface area (Å²) in [4.78, 5) is 34.7. The van der Waals surface area contributed by atoms with Gasteiger partial charge in [0, 0.05) is 12.8 Å². The highest BCUT2D eigenvalue weighted by Gasteiger charge is 2.25. The summed E-state index contributed by atoms with van der Waals surface area (Å²) < 4.78 is 32.5. The maximum atomic E-state index is 12.5. The van der Waals surface area contributed by atoms with Crippen LogP contribution in [0.15, 0.2) is 85.1 Å². The number of carbonyl (C=O) groups is 2. The molecule has 2 unspecified atom stereocenters. The minimum atomic E-state index is -4.30. The minimum Gasteiger partial charge on any atom is -0.462 e. The van der Waals surface area contributed by atoms with Gasteiger partial charge in [0.25, 0.3) is 0 Å². The molecule has 0 amide bonds. The molecule has 0 fully saturated rings. The van der Waals surface area contributed by atoms with Gasteiger partial charge in [-0.05, 0) is 90.4 Å². The molecule has 0 aliphatic carbocycles. The van der Waals surface area contributed by atoms with Gasteiger partial charge >= 0.3 is 19.8 Å². The second-order valence-electron chi connectivity index (χ2n) is 12.9. The van der Waals surface area contributed by atoms with E-state index < -0.39 is 32.5 Å². The first-order valence-electron chi connectivity index (χ1n) is 20.4. The molecular weight excluding hydrogens is 687 g/mol. The van der Waals surface area contributed by atoms with Crippen LogP contribution in [0, 0.1) is 0 Å². The van der Waals surface area contributed by atoms with Crippen LogP contribution >= 0.6 is 7.82 Å². The average molecular weight is 761 g/mol. The van der Waals surface area contributed by atoms with Gasteiger partial charge in [-0.3, -0.25) is 18.6 Å². The third kappa shape index (κ3) is 38.8. The number of ether oxygens (including phenoxy) is 2. The predicted octanol–water partition coefficient (Wildman–Crippen LogP) is 12.7. The minimum absolute atomic E-state index is 0.0172. The number of phosphoric acid groups is 1. The van der Waals surface area contributed by atoms with Crippen molar-refractivity contribution in [2.24, 2.45) is 0 Å². The molecule has 302 valence electrons. The van der Waals surface area contributed by atoms with Crippen molar-refractivity contribution in [1.82, 2.24) is 0 Å². The van der Waals surface area contributed by atoms with Crippen molar-refractivity contribution in [2.75, 3.05) is 19.8 Å². The molecule has 0 spiro atoms. The van der Waals surface area contributed by atoms with E-state index in [1.54, 1.807) is 6.92 Å². The number of phosphoric ester groups is 1. The first kappa shape index (κ1) is 50.2.